The van der Waals surface area contributed by atoms with Crippen LogP contribution in [0.15, 0.2) is 0 Å². The fourth-order valence-electron chi connectivity index (χ4n) is 2.17. The number of carbonyl (C=O) groups excluding carboxylic acids is 2. The second-order valence-electron chi connectivity index (χ2n) is 7.49. The fourth-order valence-corrected chi connectivity index (χ4v) is 2.17. The van der Waals surface area contributed by atoms with Crippen molar-refractivity contribution in [3.05, 3.63) is 0 Å². The van der Waals surface area contributed by atoms with Gasteiger partial charge in [-0.15, -0.1) is 0 Å². The molecule has 0 aliphatic heterocycles. The van der Waals surface area contributed by atoms with E-state index in [9.17, 15) is 9.59 Å². The standard InChI is InChI=1S/C10H19NO4.C7H14/c1-9(2,3)15-8(13)11-10(4,5)7(12)14-6;1-7-5-3-2-4-6-7/h1-6H3,(H,11,13);7H,2-6H2,1H3. The van der Waals surface area contributed by atoms with Gasteiger partial charge in [-0.2, -0.15) is 0 Å². The van der Waals surface area contributed by atoms with Gasteiger partial charge in [0.1, 0.15) is 11.1 Å². The van der Waals surface area contributed by atoms with Crippen LogP contribution in [-0.2, 0) is 14.3 Å². The fraction of sp³-hybridized carbons (Fsp3) is 0.882. The van der Waals surface area contributed by atoms with Gasteiger partial charge >= 0.3 is 12.1 Å². The van der Waals surface area contributed by atoms with E-state index in [2.05, 4.69) is 17.0 Å². The van der Waals surface area contributed by atoms with Gasteiger partial charge in [0.2, 0.25) is 0 Å². The maximum atomic E-state index is 11.4. The third-order valence-corrected chi connectivity index (χ3v) is 3.40. The Morgan fingerprint density at radius 3 is 1.82 bits per heavy atom. The van der Waals surface area contributed by atoms with Crippen LogP contribution < -0.4 is 5.32 Å². The monoisotopic (exact) mass is 315 g/mol. The van der Waals surface area contributed by atoms with E-state index < -0.39 is 23.2 Å². The molecule has 5 heteroatoms. The molecular weight excluding hydrogens is 282 g/mol. The summed E-state index contributed by atoms with van der Waals surface area (Å²) in [6.07, 6.45) is 6.80. The van der Waals surface area contributed by atoms with Crippen molar-refractivity contribution in [3.8, 4) is 0 Å². The van der Waals surface area contributed by atoms with Crippen LogP contribution in [-0.4, -0.2) is 30.3 Å². The Kier molecular flexibility index (Phi) is 8.49. The average molecular weight is 315 g/mol. The number of hydrogen-bond donors (Lipinski definition) is 1. The number of nitrogens with one attached hydrogen (secondary N) is 1. The summed E-state index contributed by atoms with van der Waals surface area (Å²) in [6, 6.07) is 0. The number of methoxy groups -OCH3 is 1. The Balaban J connectivity index is 0.000000518. The first-order valence-corrected chi connectivity index (χ1v) is 8.07. The minimum Gasteiger partial charge on any atom is -0.467 e. The maximum Gasteiger partial charge on any atom is 0.408 e. The predicted molar refractivity (Wildman–Crippen MR) is 87.7 cm³/mol. The second kappa shape index (κ2) is 9.01. The highest BCUT2D eigenvalue weighted by Crippen LogP contribution is 2.22. The summed E-state index contributed by atoms with van der Waals surface area (Å²) >= 11 is 0. The number of alkyl carbamates (subject to hydrolysis) is 1. The lowest BCUT2D eigenvalue weighted by Gasteiger charge is -2.26. The van der Waals surface area contributed by atoms with Gasteiger partial charge in [0.05, 0.1) is 7.11 Å². The molecule has 0 aromatic carbocycles. The molecule has 0 unspecified atom stereocenters. The van der Waals surface area contributed by atoms with Crippen molar-refractivity contribution in [2.45, 2.75) is 84.8 Å². The van der Waals surface area contributed by atoms with Gasteiger partial charge in [0.25, 0.3) is 0 Å². The van der Waals surface area contributed by atoms with E-state index in [0.29, 0.717) is 0 Å². The lowest BCUT2D eigenvalue weighted by molar-refractivity contribution is -0.147. The number of esters is 1. The molecule has 0 saturated heterocycles. The first kappa shape index (κ1) is 20.7. The second-order valence-corrected chi connectivity index (χ2v) is 7.49. The number of amides is 1. The van der Waals surface area contributed by atoms with Crippen molar-refractivity contribution in [3.63, 3.8) is 0 Å². The Hall–Kier alpha value is -1.26. The van der Waals surface area contributed by atoms with Crippen molar-refractivity contribution >= 4 is 12.1 Å². The zero-order valence-corrected chi connectivity index (χ0v) is 15.2. The van der Waals surface area contributed by atoms with E-state index in [-0.39, 0.29) is 0 Å². The van der Waals surface area contributed by atoms with Crippen LogP contribution in [0.4, 0.5) is 4.79 Å². The van der Waals surface area contributed by atoms with E-state index in [1.165, 1.54) is 39.2 Å². The van der Waals surface area contributed by atoms with Crippen molar-refractivity contribution in [2.75, 3.05) is 7.11 Å². The van der Waals surface area contributed by atoms with Crippen molar-refractivity contribution < 1.29 is 19.1 Å². The molecule has 0 aromatic heterocycles. The number of ether oxygens (including phenoxy) is 2. The van der Waals surface area contributed by atoms with Crippen molar-refractivity contribution in [1.82, 2.24) is 5.32 Å². The molecular formula is C17H33NO4. The molecule has 0 spiro atoms. The Morgan fingerprint density at radius 1 is 1.00 bits per heavy atom. The van der Waals surface area contributed by atoms with E-state index in [0.717, 1.165) is 5.92 Å². The molecule has 1 aliphatic carbocycles. The van der Waals surface area contributed by atoms with Gasteiger partial charge in [0.15, 0.2) is 0 Å². The summed E-state index contributed by atoms with van der Waals surface area (Å²) in [5.41, 5.74) is -1.67. The molecule has 1 N–H and O–H groups in total. The molecule has 0 heterocycles. The van der Waals surface area contributed by atoms with Gasteiger partial charge in [0, 0.05) is 0 Å². The topological polar surface area (TPSA) is 64.6 Å². The number of hydrogen-bond acceptors (Lipinski definition) is 4. The zero-order chi connectivity index (χ0) is 17.4. The number of carbonyl (C=O) groups is 2. The minimum absolute atomic E-state index is 0.520. The third-order valence-electron chi connectivity index (χ3n) is 3.40. The summed E-state index contributed by atoms with van der Waals surface area (Å²) in [5, 5.41) is 2.43. The minimum atomic E-state index is -1.09. The summed E-state index contributed by atoms with van der Waals surface area (Å²) in [6.45, 7) is 10.7. The molecule has 5 nitrogen and oxygen atoms in total. The molecule has 1 aliphatic rings. The molecule has 22 heavy (non-hydrogen) atoms. The van der Waals surface area contributed by atoms with Crippen molar-refractivity contribution in [2.24, 2.45) is 5.92 Å². The van der Waals surface area contributed by atoms with Crippen molar-refractivity contribution in [1.29, 1.82) is 0 Å². The lowest BCUT2D eigenvalue weighted by atomic mass is 9.91. The van der Waals surface area contributed by atoms with Crippen LogP contribution in [0.25, 0.3) is 0 Å². The maximum absolute atomic E-state index is 11.4. The summed E-state index contributed by atoms with van der Waals surface area (Å²) < 4.78 is 9.55. The summed E-state index contributed by atoms with van der Waals surface area (Å²) in [7, 11) is 1.26. The van der Waals surface area contributed by atoms with Crippen LogP contribution >= 0.6 is 0 Å². The zero-order valence-electron chi connectivity index (χ0n) is 15.2. The molecule has 0 aromatic rings. The Bertz CT molecular complexity index is 352. The predicted octanol–water partition coefficient (Wildman–Crippen LogP) is 4.05. The third kappa shape index (κ3) is 9.64. The highest BCUT2D eigenvalue weighted by molar-refractivity contribution is 5.84. The van der Waals surface area contributed by atoms with Crippen LogP contribution in [0.1, 0.15) is 73.6 Å². The van der Waals surface area contributed by atoms with Gasteiger partial charge < -0.3 is 14.8 Å². The molecule has 1 rings (SSSR count). The van der Waals surface area contributed by atoms with Gasteiger partial charge in [-0.05, 0) is 40.5 Å². The normalized spacial score (nSPS) is 16.1. The highest BCUT2D eigenvalue weighted by Gasteiger charge is 2.32. The van der Waals surface area contributed by atoms with Crippen LogP contribution in [0, 0.1) is 5.92 Å². The lowest BCUT2D eigenvalue weighted by Crippen LogP contribution is -2.51. The van der Waals surface area contributed by atoms with Gasteiger partial charge in [-0.25, -0.2) is 9.59 Å². The molecule has 1 fully saturated rings. The van der Waals surface area contributed by atoms with E-state index in [4.69, 9.17) is 4.74 Å². The van der Waals surface area contributed by atoms with Crippen LogP contribution in [0.5, 0.6) is 0 Å². The van der Waals surface area contributed by atoms with Gasteiger partial charge in [-0.3, -0.25) is 0 Å². The SMILES string of the molecule is CC1CCCCC1.COC(=O)C(C)(C)NC(=O)OC(C)(C)C. The first-order valence-electron chi connectivity index (χ1n) is 8.07. The average Bonchev–Trinajstić information content (AvgIpc) is 2.36. The molecule has 130 valence electrons. The first-order chi connectivity index (χ1) is 9.98. The quantitative estimate of drug-likeness (QED) is 0.781. The largest absolute Gasteiger partial charge is 0.467 e. The smallest absolute Gasteiger partial charge is 0.408 e. The molecule has 0 atom stereocenters. The Morgan fingerprint density at radius 2 is 1.50 bits per heavy atom. The molecule has 1 saturated carbocycles. The number of rotatable bonds is 2. The Labute approximate surface area is 135 Å². The van der Waals surface area contributed by atoms with E-state index in [1.807, 2.05) is 0 Å². The van der Waals surface area contributed by atoms with E-state index >= 15 is 0 Å². The molecule has 0 bridgehead atoms. The molecule has 0 radical (unpaired) electrons. The van der Waals surface area contributed by atoms with Gasteiger partial charge in [-0.1, -0.05) is 39.0 Å². The van der Waals surface area contributed by atoms with E-state index in [1.54, 1.807) is 34.6 Å². The van der Waals surface area contributed by atoms with Crippen LogP contribution in [0.3, 0.4) is 0 Å². The highest BCUT2D eigenvalue weighted by atomic mass is 16.6. The summed E-state index contributed by atoms with van der Waals surface area (Å²) in [5.74, 6) is 0.516. The van der Waals surface area contributed by atoms with Crippen LogP contribution in [0.2, 0.25) is 0 Å². The molecule has 1 amide bonds. The summed E-state index contributed by atoms with van der Waals surface area (Å²) in [4.78, 5) is 22.6.